The fraction of sp³-hybridized carbons (Fsp3) is 0.133. The van der Waals surface area contributed by atoms with E-state index in [-0.39, 0.29) is 5.69 Å². The number of sulfonamides is 1. The van der Waals surface area contributed by atoms with E-state index in [4.69, 9.17) is 0 Å². The predicted octanol–water partition coefficient (Wildman–Crippen LogP) is 3.61. The molecule has 0 spiro atoms. The monoisotopic (exact) mass is 394 g/mol. The number of carbonyl (C=O) groups is 1. The van der Waals surface area contributed by atoms with Gasteiger partial charge in [0.15, 0.2) is 0 Å². The second-order valence-electron chi connectivity index (χ2n) is 5.21. The van der Waals surface area contributed by atoms with Crippen LogP contribution in [0.15, 0.2) is 36.4 Å². The van der Waals surface area contributed by atoms with Gasteiger partial charge < -0.3 is 5.32 Å². The summed E-state index contributed by atoms with van der Waals surface area (Å²) in [6.07, 6.45) is -4.02. The van der Waals surface area contributed by atoms with Crippen LogP contribution in [0.25, 0.3) is 0 Å². The van der Waals surface area contributed by atoms with E-state index in [1.807, 2.05) is 10.0 Å². The van der Waals surface area contributed by atoms with E-state index < -0.39 is 50.6 Å². The third kappa shape index (κ3) is 4.91. The largest absolute Gasteiger partial charge is 0.416 e. The van der Waals surface area contributed by atoms with Crippen molar-refractivity contribution in [3.63, 3.8) is 0 Å². The van der Waals surface area contributed by atoms with Crippen molar-refractivity contribution in [3.8, 4) is 0 Å². The van der Waals surface area contributed by atoms with Crippen LogP contribution in [0.4, 0.5) is 33.3 Å². The van der Waals surface area contributed by atoms with E-state index in [0.29, 0.717) is 24.3 Å². The Morgan fingerprint density at radius 3 is 2.23 bits per heavy atom. The lowest BCUT2D eigenvalue weighted by Crippen LogP contribution is -2.18. The molecule has 0 saturated carbocycles. The number of halogens is 5. The first-order chi connectivity index (χ1) is 11.9. The summed E-state index contributed by atoms with van der Waals surface area (Å²) in [4.78, 5) is 12.1. The van der Waals surface area contributed by atoms with Gasteiger partial charge in [-0.2, -0.15) is 13.2 Å². The summed E-state index contributed by atoms with van der Waals surface area (Å²) in [5.74, 6) is -3.29. The van der Waals surface area contributed by atoms with Crippen LogP contribution < -0.4 is 10.0 Å². The molecule has 2 aromatic rings. The number of anilines is 2. The number of benzene rings is 2. The van der Waals surface area contributed by atoms with Gasteiger partial charge in [0.2, 0.25) is 10.0 Å². The second-order valence-corrected chi connectivity index (χ2v) is 6.96. The third-order valence-electron chi connectivity index (χ3n) is 3.06. The number of carbonyl (C=O) groups excluding carboxylic acids is 1. The van der Waals surface area contributed by atoms with Crippen molar-refractivity contribution in [2.24, 2.45) is 0 Å². The first-order valence-corrected chi connectivity index (χ1v) is 8.71. The average Bonchev–Trinajstić information content (AvgIpc) is 2.48. The third-order valence-corrected chi connectivity index (χ3v) is 3.65. The molecule has 2 N–H and O–H groups in total. The fourth-order valence-corrected chi connectivity index (χ4v) is 2.55. The van der Waals surface area contributed by atoms with Gasteiger partial charge in [0.25, 0.3) is 5.91 Å². The summed E-state index contributed by atoms with van der Waals surface area (Å²) in [6, 6.07) is 3.86. The molecule has 26 heavy (non-hydrogen) atoms. The molecule has 1 amide bonds. The topological polar surface area (TPSA) is 75.3 Å². The smallest absolute Gasteiger partial charge is 0.320 e. The summed E-state index contributed by atoms with van der Waals surface area (Å²) in [5.41, 5.74) is -2.87. The molecule has 11 heteroatoms. The lowest BCUT2D eigenvalue weighted by atomic mass is 10.1. The molecule has 0 aliphatic carbocycles. The highest BCUT2D eigenvalue weighted by molar-refractivity contribution is 7.92. The Balaban J connectivity index is 2.47. The van der Waals surface area contributed by atoms with Gasteiger partial charge in [0.05, 0.1) is 28.8 Å². The Morgan fingerprint density at radius 1 is 1.00 bits per heavy atom. The van der Waals surface area contributed by atoms with E-state index >= 15 is 0 Å². The highest BCUT2D eigenvalue weighted by Crippen LogP contribution is 2.34. The van der Waals surface area contributed by atoms with Crippen LogP contribution in [0.2, 0.25) is 0 Å². The van der Waals surface area contributed by atoms with Crippen LogP contribution in [0.5, 0.6) is 0 Å². The fourth-order valence-electron chi connectivity index (χ4n) is 1.97. The minimum Gasteiger partial charge on any atom is -0.320 e. The molecule has 0 aromatic heterocycles. The van der Waals surface area contributed by atoms with Crippen LogP contribution >= 0.6 is 0 Å². The lowest BCUT2D eigenvalue weighted by molar-refractivity contribution is -0.137. The Labute approximate surface area is 144 Å². The maximum atomic E-state index is 13.6. The summed E-state index contributed by atoms with van der Waals surface area (Å²) in [5, 5.41) is 1.96. The van der Waals surface area contributed by atoms with E-state index in [2.05, 4.69) is 0 Å². The highest BCUT2D eigenvalue weighted by atomic mass is 32.2. The zero-order valence-electron chi connectivity index (χ0n) is 13.0. The van der Waals surface area contributed by atoms with E-state index in [9.17, 15) is 35.2 Å². The average molecular weight is 394 g/mol. The standard InChI is InChI=1S/C15H11F5N2O3S/c1-26(24,25)22-12-5-2-8(15(18,19)20)6-13(12)21-14(23)10-7-9(16)3-4-11(10)17/h2-7,22H,1H3,(H,21,23). The Hall–Kier alpha value is -2.69. The molecule has 5 nitrogen and oxygen atoms in total. The van der Waals surface area contributed by atoms with Crippen molar-refractivity contribution in [3.05, 3.63) is 59.2 Å². The van der Waals surface area contributed by atoms with E-state index in [1.54, 1.807) is 0 Å². The molecule has 0 bridgehead atoms. The van der Waals surface area contributed by atoms with Crippen LogP contribution in [0.1, 0.15) is 15.9 Å². The first kappa shape index (κ1) is 19.6. The molecule has 2 rings (SSSR count). The molecular formula is C15H11F5N2O3S. The molecular weight excluding hydrogens is 383 g/mol. The van der Waals surface area contributed by atoms with Gasteiger partial charge in [-0.15, -0.1) is 0 Å². The van der Waals surface area contributed by atoms with Gasteiger partial charge in [-0.1, -0.05) is 0 Å². The molecule has 140 valence electrons. The second kappa shape index (κ2) is 6.90. The molecule has 0 unspecified atom stereocenters. The minimum atomic E-state index is -4.77. The summed E-state index contributed by atoms with van der Waals surface area (Å²) >= 11 is 0. The van der Waals surface area contributed by atoms with E-state index in [1.165, 1.54) is 0 Å². The SMILES string of the molecule is CS(=O)(=O)Nc1ccc(C(F)(F)F)cc1NC(=O)c1cc(F)ccc1F. The molecule has 0 saturated heterocycles. The number of rotatable bonds is 4. The van der Waals surface area contributed by atoms with Gasteiger partial charge in [0, 0.05) is 0 Å². The summed E-state index contributed by atoms with van der Waals surface area (Å²) < 4.78 is 90.0. The van der Waals surface area contributed by atoms with Gasteiger partial charge in [-0.3, -0.25) is 9.52 Å². The number of hydrogen-bond donors (Lipinski definition) is 2. The van der Waals surface area contributed by atoms with E-state index in [0.717, 1.165) is 18.4 Å². The van der Waals surface area contributed by atoms with Crippen molar-refractivity contribution < 1.29 is 35.2 Å². The van der Waals surface area contributed by atoms with Crippen LogP contribution in [-0.4, -0.2) is 20.6 Å². The quantitative estimate of drug-likeness (QED) is 0.778. The van der Waals surface area contributed by atoms with Crippen LogP contribution in [0, 0.1) is 11.6 Å². The van der Waals surface area contributed by atoms with Crippen molar-refractivity contribution >= 4 is 27.3 Å². The van der Waals surface area contributed by atoms with Crippen molar-refractivity contribution in [2.45, 2.75) is 6.18 Å². The highest BCUT2D eigenvalue weighted by Gasteiger charge is 2.31. The molecule has 0 aliphatic rings. The van der Waals surface area contributed by atoms with Crippen LogP contribution in [0.3, 0.4) is 0 Å². The number of alkyl halides is 3. The first-order valence-electron chi connectivity index (χ1n) is 6.82. The summed E-state index contributed by atoms with van der Waals surface area (Å²) in [6.45, 7) is 0. The summed E-state index contributed by atoms with van der Waals surface area (Å²) in [7, 11) is -3.88. The minimum absolute atomic E-state index is 0.370. The zero-order chi connectivity index (χ0) is 19.7. The van der Waals surface area contributed by atoms with Gasteiger partial charge in [-0.05, 0) is 36.4 Å². The molecule has 0 atom stereocenters. The Morgan fingerprint density at radius 2 is 1.65 bits per heavy atom. The zero-order valence-corrected chi connectivity index (χ0v) is 13.8. The Kier molecular flexibility index (Phi) is 5.21. The molecule has 0 heterocycles. The van der Waals surface area contributed by atoms with Gasteiger partial charge in [0.1, 0.15) is 11.6 Å². The molecule has 2 aromatic carbocycles. The molecule has 0 aliphatic heterocycles. The van der Waals surface area contributed by atoms with Crippen molar-refractivity contribution in [1.82, 2.24) is 0 Å². The Bertz CT molecular complexity index is 958. The maximum Gasteiger partial charge on any atom is 0.416 e. The van der Waals surface area contributed by atoms with Gasteiger partial charge in [-0.25, -0.2) is 17.2 Å². The van der Waals surface area contributed by atoms with Crippen LogP contribution in [-0.2, 0) is 16.2 Å². The van der Waals surface area contributed by atoms with Crippen molar-refractivity contribution in [2.75, 3.05) is 16.3 Å². The normalized spacial score (nSPS) is 11.9. The molecule has 0 radical (unpaired) electrons. The lowest BCUT2D eigenvalue weighted by Gasteiger charge is -2.15. The number of amides is 1. The number of nitrogens with one attached hydrogen (secondary N) is 2. The predicted molar refractivity (Wildman–Crippen MR) is 84.2 cm³/mol. The van der Waals surface area contributed by atoms with Gasteiger partial charge >= 0.3 is 6.18 Å². The van der Waals surface area contributed by atoms with Crippen molar-refractivity contribution in [1.29, 1.82) is 0 Å². The maximum absolute atomic E-state index is 13.6. The molecule has 0 fully saturated rings. The number of hydrogen-bond acceptors (Lipinski definition) is 3.